The van der Waals surface area contributed by atoms with Crippen LogP contribution in [0.5, 0.6) is 0 Å². The van der Waals surface area contributed by atoms with E-state index >= 15 is 0 Å². The van der Waals surface area contributed by atoms with E-state index in [1.165, 1.54) is 18.7 Å². The number of hydrogen-bond acceptors (Lipinski definition) is 4. The Balaban J connectivity index is 0.000000310. The Kier molecular flexibility index (Phi) is 4.55. The zero-order valence-electron chi connectivity index (χ0n) is 6.54. The van der Waals surface area contributed by atoms with Crippen LogP contribution in [0.3, 0.4) is 0 Å². The number of aromatic carboxylic acids is 1. The fraction of sp³-hybridized carbons (Fsp3) is 0. The van der Waals surface area contributed by atoms with Gasteiger partial charge >= 0.3 is 12.0 Å². The number of carboxylic acids is 1. The van der Waals surface area contributed by atoms with E-state index in [4.69, 9.17) is 9.90 Å². The highest BCUT2D eigenvalue weighted by Crippen LogP contribution is 1.89. The largest absolute Gasteiger partial charge is 0.478 e. The van der Waals surface area contributed by atoms with Crippen LogP contribution in [0.2, 0.25) is 0 Å². The molecule has 0 atom stereocenters. The van der Waals surface area contributed by atoms with Gasteiger partial charge in [0, 0.05) is 12.4 Å². The molecule has 7 heteroatoms. The van der Waals surface area contributed by atoms with Gasteiger partial charge in [-0.1, -0.05) is 0 Å². The molecule has 2 amide bonds. The van der Waals surface area contributed by atoms with Crippen molar-refractivity contribution in [2.75, 3.05) is 0 Å². The van der Waals surface area contributed by atoms with E-state index in [2.05, 4.69) is 21.4 Å². The Morgan fingerprint density at radius 2 is 1.62 bits per heavy atom. The van der Waals surface area contributed by atoms with E-state index < -0.39 is 12.0 Å². The highest BCUT2D eigenvalue weighted by atomic mass is 16.4. The predicted octanol–water partition coefficient (Wildman–Crippen LogP) is -0.801. The lowest BCUT2D eigenvalue weighted by molar-refractivity contribution is 0.0696. The predicted molar refractivity (Wildman–Crippen MR) is 42.8 cm³/mol. The molecule has 1 aromatic rings. The fourth-order valence-electron chi connectivity index (χ4n) is 0.410. The van der Waals surface area contributed by atoms with Gasteiger partial charge in [0.15, 0.2) is 0 Å². The van der Waals surface area contributed by atoms with Crippen LogP contribution in [-0.2, 0) is 0 Å². The molecule has 0 aromatic carbocycles. The molecule has 0 saturated heterocycles. The van der Waals surface area contributed by atoms with Crippen LogP contribution in [0.25, 0.3) is 0 Å². The van der Waals surface area contributed by atoms with Crippen molar-refractivity contribution in [1.82, 2.24) is 9.97 Å². The summed E-state index contributed by atoms with van der Waals surface area (Å²) in [5, 5.41) is 8.30. The third-order valence-electron chi connectivity index (χ3n) is 0.808. The molecule has 0 aliphatic heterocycles. The summed E-state index contributed by atoms with van der Waals surface area (Å²) >= 11 is 0. The fourth-order valence-corrected chi connectivity index (χ4v) is 0.410. The molecule has 0 aliphatic rings. The van der Waals surface area contributed by atoms with Gasteiger partial charge in [-0.15, -0.1) is 0 Å². The maximum atomic E-state index is 10.1. The van der Waals surface area contributed by atoms with Crippen LogP contribution in [0.1, 0.15) is 10.4 Å². The Morgan fingerprint density at radius 1 is 1.23 bits per heavy atom. The zero-order valence-corrected chi connectivity index (χ0v) is 6.54. The lowest BCUT2D eigenvalue weighted by Gasteiger charge is -1.86. The zero-order chi connectivity index (χ0) is 10.3. The minimum atomic E-state index is -1.00. The standard InChI is InChI=1S/C5H4N2O2.CH4N2O/c8-5(9)4-1-6-3-7-2-4;2-1(3)4/h1-3H,(H,8,9);(H4,2,3,4). The number of urea groups is 1. The van der Waals surface area contributed by atoms with Crippen molar-refractivity contribution in [3.05, 3.63) is 24.3 Å². The number of rotatable bonds is 1. The van der Waals surface area contributed by atoms with Gasteiger partial charge in [-0.25, -0.2) is 19.6 Å². The molecule has 0 bridgehead atoms. The number of carboxylic acid groups (broad SMARTS) is 1. The normalized spacial score (nSPS) is 8.00. The van der Waals surface area contributed by atoms with Gasteiger partial charge in [-0.3, -0.25) is 0 Å². The summed E-state index contributed by atoms with van der Waals surface area (Å²) < 4.78 is 0. The molecule has 0 unspecified atom stereocenters. The van der Waals surface area contributed by atoms with E-state index in [0.29, 0.717) is 0 Å². The average Bonchev–Trinajstić information content (AvgIpc) is 2.05. The molecular weight excluding hydrogens is 176 g/mol. The van der Waals surface area contributed by atoms with Crippen LogP contribution in [0.15, 0.2) is 18.7 Å². The molecule has 70 valence electrons. The number of amides is 2. The van der Waals surface area contributed by atoms with Crippen LogP contribution in [0.4, 0.5) is 4.79 Å². The first-order valence-corrected chi connectivity index (χ1v) is 3.07. The highest BCUT2D eigenvalue weighted by molar-refractivity contribution is 5.86. The monoisotopic (exact) mass is 184 g/mol. The first-order chi connectivity index (χ1) is 6.04. The van der Waals surface area contributed by atoms with Gasteiger partial charge in [0.05, 0.1) is 5.56 Å². The number of hydrogen-bond donors (Lipinski definition) is 3. The van der Waals surface area contributed by atoms with Crippen molar-refractivity contribution < 1.29 is 14.7 Å². The molecule has 1 rings (SSSR count). The first-order valence-electron chi connectivity index (χ1n) is 3.07. The van der Waals surface area contributed by atoms with Gasteiger partial charge in [0.2, 0.25) is 0 Å². The summed E-state index contributed by atoms with van der Waals surface area (Å²) in [5.41, 5.74) is 8.61. The maximum Gasteiger partial charge on any atom is 0.338 e. The third-order valence-corrected chi connectivity index (χ3v) is 0.808. The molecule has 0 saturated carbocycles. The number of carbonyl (C=O) groups excluding carboxylic acids is 1. The van der Waals surface area contributed by atoms with E-state index in [0.717, 1.165) is 0 Å². The van der Waals surface area contributed by atoms with Gasteiger partial charge in [-0.05, 0) is 0 Å². The van der Waals surface area contributed by atoms with E-state index in [1.807, 2.05) is 0 Å². The lowest BCUT2D eigenvalue weighted by Crippen LogP contribution is -2.18. The Labute approximate surface area is 73.4 Å². The average molecular weight is 184 g/mol. The summed E-state index contributed by atoms with van der Waals surface area (Å²) in [6.45, 7) is 0. The van der Waals surface area contributed by atoms with Crippen molar-refractivity contribution in [2.24, 2.45) is 11.5 Å². The quantitative estimate of drug-likeness (QED) is 0.525. The van der Waals surface area contributed by atoms with Crippen LogP contribution < -0.4 is 11.5 Å². The maximum absolute atomic E-state index is 10.1. The van der Waals surface area contributed by atoms with Gasteiger partial charge < -0.3 is 16.6 Å². The minimum Gasteiger partial charge on any atom is -0.478 e. The Morgan fingerprint density at radius 3 is 1.85 bits per heavy atom. The molecule has 5 N–H and O–H groups in total. The molecule has 13 heavy (non-hydrogen) atoms. The second kappa shape index (κ2) is 5.47. The topological polar surface area (TPSA) is 132 Å². The molecule has 0 fully saturated rings. The summed E-state index contributed by atoms with van der Waals surface area (Å²) in [4.78, 5) is 26.1. The first kappa shape index (κ1) is 10.8. The second-order valence-corrected chi connectivity index (χ2v) is 1.83. The van der Waals surface area contributed by atoms with Crippen molar-refractivity contribution in [3.8, 4) is 0 Å². The summed E-state index contributed by atoms with van der Waals surface area (Å²) in [5.74, 6) is -1.00. The number of primary amides is 2. The molecule has 1 aromatic heterocycles. The Bertz CT molecular complexity index is 283. The molecular formula is C6H8N4O3. The van der Waals surface area contributed by atoms with Crippen LogP contribution >= 0.6 is 0 Å². The van der Waals surface area contributed by atoms with E-state index in [1.54, 1.807) is 0 Å². The van der Waals surface area contributed by atoms with Crippen LogP contribution in [-0.4, -0.2) is 27.1 Å². The van der Waals surface area contributed by atoms with Gasteiger partial charge in [0.25, 0.3) is 0 Å². The Hall–Kier alpha value is -2.18. The van der Waals surface area contributed by atoms with E-state index in [9.17, 15) is 4.79 Å². The molecule has 7 nitrogen and oxygen atoms in total. The second-order valence-electron chi connectivity index (χ2n) is 1.83. The van der Waals surface area contributed by atoms with Crippen molar-refractivity contribution in [2.45, 2.75) is 0 Å². The molecule has 0 spiro atoms. The SMILES string of the molecule is NC(N)=O.O=C(O)c1cncnc1. The smallest absolute Gasteiger partial charge is 0.338 e. The lowest BCUT2D eigenvalue weighted by atomic mass is 10.4. The molecule has 0 radical (unpaired) electrons. The van der Waals surface area contributed by atoms with Crippen molar-refractivity contribution in [1.29, 1.82) is 0 Å². The van der Waals surface area contributed by atoms with E-state index in [-0.39, 0.29) is 5.56 Å². The summed E-state index contributed by atoms with van der Waals surface area (Å²) in [6, 6.07) is -0.833. The molecule has 1 heterocycles. The van der Waals surface area contributed by atoms with Gasteiger partial charge in [-0.2, -0.15) is 0 Å². The number of carbonyl (C=O) groups is 2. The highest BCUT2D eigenvalue weighted by Gasteiger charge is 1.98. The third kappa shape index (κ3) is 6.23. The van der Waals surface area contributed by atoms with Gasteiger partial charge in [0.1, 0.15) is 6.33 Å². The minimum absolute atomic E-state index is 0.109. The number of aromatic nitrogens is 2. The van der Waals surface area contributed by atoms with Crippen LogP contribution in [0, 0.1) is 0 Å². The van der Waals surface area contributed by atoms with Crippen molar-refractivity contribution >= 4 is 12.0 Å². The number of nitrogens with two attached hydrogens (primary N) is 2. The van der Waals surface area contributed by atoms with Crippen molar-refractivity contribution in [3.63, 3.8) is 0 Å². The molecule has 0 aliphatic carbocycles. The summed E-state index contributed by atoms with van der Waals surface area (Å²) in [6.07, 6.45) is 3.77. The summed E-state index contributed by atoms with van der Waals surface area (Å²) in [7, 11) is 0. The number of nitrogens with zero attached hydrogens (tertiary/aromatic N) is 2.